The Morgan fingerprint density at radius 2 is 1.30 bits per heavy atom. The van der Waals surface area contributed by atoms with Crippen molar-refractivity contribution in [2.75, 3.05) is 25.0 Å². The Kier molecular flexibility index (Phi) is 5.87. The number of nitrogens with zero attached hydrogens (tertiary/aromatic N) is 2. The molecule has 3 atom stereocenters. The Morgan fingerprint density at radius 3 is 1.80 bits per heavy atom. The maximum Gasteiger partial charge on any atom is 0.243 e. The number of aryl methyl sites for hydroxylation is 2. The molecule has 0 amide bonds. The normalized spacial score (nSPS) is 25.5. The number of fused-ring (bicyclic) bond motifs is 1. The van der Waals surface area contributed by atoms with Crippen LogP contribution in [0.25, 0.3) is 0 Å². The van der Waals surface area contributed by atoms with Gasteiger partial charge in [0.2, 0.25) is 20.0 Å². The van der Waals surface area contributed by atoms with E-state index < -0.39 is 20.0 Å². The highest BCUT2D eigenvalue weighted by atomic mass is 79.9. The van der Waals surface area contributed by atoms with Crippen LogP contribution in [0, 0.1) is 25.7 Å². The van der Waals surface area contributed by atoms with Gasteiger partial charge in [0, 0.05) is 31.0 Å². The first-order valence-corrected chi connectivity index (χ1v) is 13.9. The first kappa shape index (κ1) is 22.0. The summed E-state index contributed by atoms with van der Waals surface area (Å²) in [4.78, 5) is 0.566. The molecule has 2 aromatic carbocycles. The van der Waals surface area contributed by atoms with E-state index in [9.17, 15) is 16.8 Å². The van der Waals surface area contributed by atoms with Crippen molar-refractivity contribution in [3.8, 4) is 0 Å². The molecule has 0 aromatic heterocycles. The Balaban J connectivity index is 1.57. The summed E-state index contributed by atoms with van der Waals surface area (Å²) in [6, 6.07) is 13.4. The second-order valence-corrected chi connectivity index (χ2v) is 12.6. The van der Waals surface area contributed by atoms with Crippen molar-refractivity contribution in [3.63, 3.8) is 0 Å². The van der Waals surface area contributed by atoms with Gasteiger partial charge in [-0.25, -0.2) is 16.8 Å². The molecule has 9 heteroatoms. The minimum atomic E-state index is -3.63. The third-order valence-corrected chi connectivity index (χ3v) is 10.6. The number of alkyl halides is 1. The van der Waals surface area contributed by atoms with Crippen molar-refractivity contribution in [1.82, 2.24) is 8.61 Å². The topological polar surface area (TPSA) is 74.8 Å². The second-order valence-electron chi connectivity index (χ2n) is 8.17. The summed E-state index contributed by atoms with van der Waals surface area (Å²) < 4.78 is 55.7. The highest BCUT2D eigenvalue weighted by Crippen LogP contribution is 2.41. The Morgan fingerprint density at radius 1 is 0.800 bits per heavy atom. The molecule has 0 N–H and O–H groups in total. The molecule has 0 spiro atoms. The molecule has 2 saturated heterocycles. The van der Waals surface area contributed by atoms with Crippen molar-refractivity contribution < 1.29 is 16.8 Å². The predicted molar refractivity (Wildman–Crippen MR) is 120 cm³/mol. The van der Waals surface area contributed by atoms with Gasteiger partial charge in [-0.2, -0.15) is 8.61 Å². The largest absolute Gasteiger partial charge is 0.243 e. The van der Waals surface area contributed by atoms with Gasteiger partial charge in [-0.1, -0.05) is 51.3 Å². The van der Waals surface area contributed by atoms with Crippen LogP contribution in [0.5, 0.6) is 0 Å². The maximum atomic E-state index is 13.3. The summed E-state index contributed by atoms with van der Waals surface area (Å²) in [5, 5.41) is 0.470. The molecular formula is C21H25BrN2O4S2. The van der Waals surface area contributed by atoms with E-state index in [0.29, 0.717) is 25.0 Å². The van der Waals surface area contributed by atoms with Gasteiger partial charge in [0.15, 0.2) is 0 Å². The smallest absolute Gasteiger partial charge is 0.207 e. The van der Waals surface area contributed by atoms with E-state index in [0.717, 1.165) is 11.1 Å². The van der Waals surface area contributed by atoms with Crippen molar-refractivity contribution >= 4 is 36.0 Å². The van der Waals surface area contributed by atoms with Crippen molar-refractivity contribution in [1.29, 1.82) is 0 Å². The predicted octanol–water partition coefficient (Wildman–Crippen LogP) is 3.01. The summed E-state index contributed by atoms with van der Waals surface area (Å²) >= 11 is 3.48. The van der Waals surface area contributed by atoms with E-state index >= 15 is 0 Å². The van der Waals surface area contributed by atoms with Crippen molar-refractivity contribution in [3.05, 3.63) is 59.7 Å². The summed E-state index contributed by atoms with van der Waals surface area (Å²) in [6.45, 7) is 4.83. The fourth-order valence-electron chi connectivity index (χ4n) is 4.43. The van der Waals surface area contributed by atoms with Crippen LogP contribution in [-0.2, 0) is 20.0 Å². The first-order valence-electron chi connectivity index (χ1n) is 9.86. The van der Waals surface area contributed by atoms with Gasteiger partial charge in [-0.3, -0.25) is 0 Å². The molecular weight excluding hydrogens is 488 g/mol. The van der Waals surface area contributed by atoms with Gasteiger partial charge in [-0.05, 0) is 49.9 Å². The molecule has 0 bridgehead atoms. The zero-order valence-corrected chi connectivity index (χ0v) is 20.1. The molecule has 0 saturated carbocycles. The van der Waals surface area contributed by atoms with Gasteiger partial charge < -0.3 is 0 Å². The SMILES string of the molecule is Cc1ccc(S(=O)(=O)N2CC3CN(S(=O)(=O)c4ccc(C)cc4)C(CBr)C3C2)cc1. The number of hydrogen-bond acceptors (Lipinski definition) is 4. The van der Waals surface area contributed by atoms with Crippen LogP contribution in [-0.4, -0.2) is 56.5 Å². The number of halogens is 1. The van der Waals surface area contributed by atoms with Gasteiger partial charge >= 0.3 is 0 Å². The Bertz CT molecular complexity index is 1130. The highest BCUT2D eigenvalue weighted by molar-refractivity contribution is 9.09. The molecule has 2 fully saturated rings. The average molecular weight is 513 g/mol. The van der Waals surface area contributed by atoms with Crippen molar-refractivity contribution in [2.24, 2.45) is 11.8 Å². The standard InChI is InChI=1S/C21H25BrN2O4S2/c1-15-3-7-18(8-4-15)29(25,26)23-12-17-13-24(21(11-22)20(17)14-23)30(27,28)19-9-5-16(2)6-10-19/h3-10,17,20-21H,11-14H2,1-2H3. The molecule has 6 nitrogen and oxygen atoms in total. The molecule has 0 aliphatic carbocycles. The molecule has 2 aliphatic rings. The summed E-state index contributed by atoms with van der Waals surface area (Å²) in [7, 11) is -7.22. The van der Waals surface area contributed by atoms with Crippen LogP contribution in [0.1, 0.15) is 11.1 Å². The van der Waals surface area contributed by atoms with Crippen LogP contribution >= 0.6 is 15.9 Å². The molecule has 3 unspecified atom stereocenters. The molecule has 2 heterocycles. The molecule has 0 radical (unpaired) electrons. The van der Waals surface area contributed by atoms with Crippen molar-refractivity contribution in [2.45, 2.75) is 29.7 Å². The van der Waals surface area contributed by atoms with Crippen LogP contribution in [0.2, 0.25) is 0 Å². The van der Waals surface area contributed by atoms with Crippen LogP contribution in [0.3, 0.4) is 0 Å². The molecule has 2 aliphatic heterocycles. The van der Waals surface area contributed by atoms with Crippen LogP contribution in [0.4, 0.5) is 0 Å². The van der Waals surface area contributed by atoms with E-state index in [1.165, 1.54) is 4.31 Å². The van der Waals surface area contributed by atoms with Crippen LogP contribution in [0.15, 0.2) is 58.3 Å². The van der Waals surface area contributed by atoms with Gasteiger partial charge in [0.25, 0.3) is 0 Å². The summed E-state index contributed by atoms with van der Waals surface area (Å²) in [6.07, 6.45) is 0. The number of rotatable bonds is 5. The highest BCUT2D eigenvalue weighted by Gasteiger charge is 2.52. The fraction of sp³-hybridized carbons (Fsp3) is 0.429. The second kappa shape index (κ2) is 8.02. The lowest BCUT2D eigenvalue weighted by molar-refractivity contribution is 0.340. The molecule has 30 heavy (non-hydrogen) atoms. The zero-order valence-electron chi connectivity index (χ0n) is 16.9. The number of benzene rings is 2. The van der Waals surface area contributed by atoms with Crippen LogP contribution < -0.4 is 0 Å². The average Bonchev–Trinajstić information content (AvgIpc) is 3.27. The lowest BCUT2D eigenvalue weighted by atomic mass is 9.95. The zero-order chi connectivity index (χ0) is 21.7. The quantitative estimate of drug-likeness (QED) is 0.577. The van der Waals surface area contributed by atoms with E-state index in [2.05, 4.69) is 15.9 Å². The molecule has 162 valence electrons. The Hall–Kier alpha value is -1.26. The fourth-order valence-corrected chi connectivity index (χ4v) is 8.72. The monoisotopic (exact) mass is 512 g/mol. The van der Waals surface area contributed by atoms with E-state index in [4.69, 9.17) is 0 Å². The first-order chi connectivity index (χ1) is 14.1. The summed E-state index contributed by atoms with van der Waals surface area (Å²) in [5.74, 6) is -0.0576. The lowest BCUT2D eigenvalue weighted by Crippen LogP contribution is -2.42. The summed E-state index contributed by atoms with van der Waals surface area (Å²) in [5.41, 5.74) is 2.00. The maximum absolute atomic E-state index is 13.3. The lowest BCUT2D eigenvalue weighted by Gasteiger charge is -2.27. The third-order valence-electron chi connectivity index (χ3n) is 6.18. The van der Waals surface area contributed by atoms with E-state index in [1.54, 1.807) is 52.8 Å². The number of sulfonamides is 2. The van der Waals surface area contributed by atoms with E-state index in [-0.39, 0.29) is 27.7 Å². The molecule has 4 rings (SSSR count). The minimum absolute atomic E-state index is 0.0204. The van der Waals surface area contributed by atoms with E-state index in [1.807, 2.05) is 13.8 Å². The Labute approximate surface area is 187 Å². The van der Waals surface area contributed by atoms with Gasteiger partial charge in [-0.15, -0.1) is 0 Å². The third kappa shape index (κ3) is 3.75. The van der Waals surface area contributed by atoms with Gasteiger partial charge in [0.1, 0.15) is 0 Å². The minimum Gasteiger partial charge on any atom is -0.207 e. The number of hydrogen-bond donors (Lipinski definition) is 0. The molecule has 2 aromatic rings. The van der Waals surface area contributed by atoms with Gasteiger partial charge in [0.05, 0.1) is 9.79 Å².